The Bertz CT molecular complexity index is 1810. The van der Waals surface area contributed by atoms with Crippen LogP contribution < -0.4 is 10.6 Å². The molecule has 50 heavy (non-hydrogen) atoms. The van der Waals surface area contributed by atoms with E-state index >= 15 is 0 Å². The fourth-order valence-corrected chi connectivity index (χ4v) is 4.95. The molecule has 0 aliphatic heterocycles. The predicted molar refractivity (Wildman–Crippen MR) is 187 cm³/mol. The van der Waals surface area contributed by atoms with Crippen LogP contribution in [0, 0.1) is 24.2 Å². The number of amides is 2. The van der Waals surface area contributed by atoms with E-state index in [1.807, 2.05) is 6.92 Å². The Morgan fingerprint density at radius 3 is 2.32 bits per heavy atom. The Morgan fingerprint density at radius 2 is 1.70 bits per heavy atom. The Labute approximate surface area is 291 Å². The topological polar surface area (TPSA) is 174 Å². The normalized spacial score (nSPS) is 12.8. The molecule has 262 valence electrons. The quantitative estimate of drug-likeness (QED) is 0.0602. The molecule has 2 aromatic carbocycles. The highest BCUT2D eigenvalue weighted by Crippen LogP contribution is 2.32. The second-order valence-corrected chi connectivity index (χ2v) is 12.3. The molecule has 2 amide bonds. The molecule has 12 nitrogen and oxygen atoms in total. The van der Waals surface area contributed by atoms with Gasteiger partial charge >= 0.3 is 18.0 Å². The van der Waals surface area contributed by atoms with E-state index in [2.05, 4.69) is 22.2 Å². The number of ketones is 1. The largest absolute Gasteiger partial charge is 0.450 e. The molecule has 1 aromatic heterocycles. The van der Waals surface area contributed by atoms with E-state index in [1.54, 1.807) is 69.3 Å². The van der Waals surface area contributed by atoms with Crippen molar-refractivity contribution in [3.63, 3.8) is 0 Å². The minimum atomic E-state index is -1.25. The van der Waals surface area contributed by atoms with Crippen molar-refractivity contribution in [2.24, 2.45) is 11.8 Å². The number of amidine groups is 1. The van der Waals surface area contributed by atoms with Crippen molar-refractivity contribution in [2.75, 3.05) is 13.2 Å². The first-order valence-corrected chi connectivity index (χ1v) is 16.4. The first-order chi connectivity index (χ1) is 23.8. The maximum absolute atomic E-state index is 14.0. The van der Waals surface area contributed by atoms with Crippen LogP contribution in [-0.4, -0.2) is 60.0 Å². The van der Waals surface area contributed by atoms with Gasteiger partial charge in [0.05, 0.1) is 12.5 Å². The van der Waals surface area contributed by atoms with Crippen LogP contribution in [0.2, 0.25) is 0 Å². The van der Waals surface area contributed by atoms with E-state index in [9.17, 15) is 24.0 Å². The van der Waals surface area contributed by atoms with E-state index in [0.29, 0.717) is 34.7 Å². The van der Waals surface area contributed by atoms with Crippen molar-refractivity contribution >= 4 is 41.6 Å². The van der Waals surface area contributed by atoms with E-state index in [1.165, 1.54) is 13.0 Å². The molecule has 12 heteroatoms. The lowest BCUT2D eigenvalue weighted by Crippen LogP contribution is -2.31. The zero-order valence-corrected chi connectivity index (χ0v) is 28.9. The number of nitrogens with zero attached hydrogens (tertiary/aromatic N) is 1. The summed E-state index contributed by atoms with van der Waals surface area (Å²) < 4.78 is 15.5. The Balaban J connectivity index is 1.70. The lowest BCUT2D eigenvalue weighted by molar-refractivity contribution is -0.169. The summed E-state index contributed by atoms with van der Waals surface area (Å²) >= 11 is 0. The Hall–Kier alpha value is -5.65. The minimum absolute atomic E-state index is 0.0106. The summed E-state index contributed by atoms with van der Waals surface area (Å²) in [4.78, 5) is 68.9. The van der Waals surface area contributed by atoms with Gasteiger partial charge in [0.15, 0.2) is 11.5 Å². The van der Waals surface area contributed by atoms with Crippen molar-refractivity contribution in [3.8, 4) is 11.1 Å². The first kappa shape index (κ1) is 37.2. The monoisotopic (exact) mass is 682 g/mol. The molecule has 3 aromatic rings. The molecular weight excluding hydrogens is 640 g/mol. The van der Waals surface area contributed by atoms with E-state index in [4.69, 9.17) is 19.6 Å². The molecule has 0 bridgehead atoms. The van der Waals surface area contributed by atoms with Crippen LogP contribution in [0.15, 0.2) is 55.1 Å². The van der Waals surface area contributed by atoms with Gasteiger partial charge in [-0.25, -0.2) is 14.6 Å². The maximum atomic E-state index is 14.0. The number of rotatable bonds is 14. The van der Waals surface area contributed by atoms with Crippen LogP contribution in [-0.2, 0) is 25.4 Å². The van der Waals surface area contributed by atoms with Crippen molar-refractivity contribution < 1.29 is 38.2 Å². The third kappa shape index (κ3) is 9.71. The summed E-state index contributed by atoms with van der Waals surface area (Å²) in [5.74, 6) is -2.44. The number of pyridine rings is 1. The number of alkyl carbamates (subject to hydrolysis) is 1. The van der Waals surface area contributed by atoms with Crippen LogP contribution in [0.1, 0.15) is 94.1 Å². The van der Waals surface area contributed by atoms with Gasteiger partial charge in [-0.05, 0) is 73.1 Å². The summed E-state index contributed by atoms with van der Waals surface area (Å²) in [5, 5.41) is 13.3. The minimum Gasteiger partial charge on any atom is -0.450 e. The van der Waals surface area contributed by atoms with Gasteiger partial charge in [0.1, 0.15) is 11.5 Å². The van der Waals surface area contributed by atoms with Gasteiger partial charge < -0.3 is 19.5 Å². The summed E-state index contributed by atoms with van der Waals surface area (Å²) in [7, 11) is 0. The number of carbonyl (C=O) groups is 5. The van der Waals surface area contributed by atoms with Crippen molar-refractivity contribution in [3.05, 3.63) is 94.3 Å². The molecule has 0 saturated heterocycles. The van der Waals surface area contributed by atoms with E-state index in [-0.39, 0.29) is 47.2 Å². The molecule has 0 radical (unpaired) electrons. The van der Waals surface area contributed by atoms with E-state index in [0.717, 1.165) is 18.4 Å². The molecule has 1 heterocycles. The van der Waals surface area contributed by atoms with Gasteiger partial charge in [-0.2, -0.15) is 0 Å². The second kappa shape index (κ2) is 16.6. The number of aryl methyl sites for hydroxylation is 1. The molecule has 1 atom stereocenters. The number of nitrogens with one attached hydrogen (secondary N) is 3. The highest BCUT2D eigenvalue weighted by Gasteiger charge is 2.27. The van der Waals surface area contributed by atoms with E-state index < -0.39 is 36.1 Å². The van der Waals surface area contributed by atoms with Crippen LogP contribution >= 0.6 is 0 Å². The molecule has 3 N–H and O–H groups in total. The average Bonchev–Trinajstić information content (AvgIpc) is 3.91. The fraction of sp³-hybridized carbons (Fsp3) is 0.342. The number of hydrogen-bond acceptors (Lipinski definition) is 10. The van der Waals surface area contributed by atoms with Crippen molar-refractivity contribution in [2.45, 2.75) is 60.2 Å². The molecule has 1 aliphatic rings. The third-order valence-corrected chi connectivity index (χ3v) is 7.92. The smallest absolute Gasteiger partial charge is 0.412 e. The van der Waals surface area contributed by atoms with Crippen LogP contribution in [0.3, 0.4) is 0 Å². The number of ether oxygens (including phenoxy) is 3. The lowest BCUT2D eigenvalue weighted by Gasteiger charge is -2.18. The fourth-order valence-electron chi connectivity index (χ4n) is 4.95. The molecule has 1 fully saturated rings. The number of aromatic nitrogens is 1. The second-order valence-electron chi connectivity index (χ2n) is 12.3. The molecule has 4 rings (SSSR count). The number of carbonyl (C=O) groups excluding carboxylic acids is 5. The highest BCUT2D eigenvalue weighted by atomic mass is 16.7. The summed E-state index contributed by atoms with van der Waals surface area (Å²) in [6.45, 7) is 12.7. The summed E-state index contributed by atoms with van der Waals surface area (Å²) in [5.41, 5.74) is 3.18. The van der Waals surface area contributed by atoms with Crippen LogP contribution in [0.25, 0.3) is 17.2 Å². The molecule has 1 saturated carbocycles. The maximum Gasteiger partial charge on any atom is 0.412 e. The van der Waals surface area contributed by atoms with Gasteiger partial charge in [0.25, 0.3) is 5.91 Å². The van der Waals surface area contributed by atoms with Crippen molar-refractivity contribution in [1.29, 1.82) is 5.41 Å². The molecule has 0 spiro atoms. The molecule has 1 aliphatic carbocycles. The zero-order chi connectivity index (χ0) is 36.5. The standard InChI is InChI=1S/C38H42N4O8/c1-7-26-19-30(32(43)18-24-11-13-27(14-12-24)34(39)42-38(47)48-8-2)29(17-22(26)5)28-15-16-31(35(44)40-20-25-9-10-25)41-33(28)37(46)50-23(6)49-36(45)21(3)4/h7,11-17,19,21,23,25H,1,8-10,18,20H2,2-6H3,(H,40,44)(H2,39,42,47). The van der Waals surface area contributed by atoms with Gasteiger partial charge in [0.2, 0.25) is 6.29 Å². The lowest BCUT2D eigenvalue weighted by atomic mass is 9.89. The van der Waals surface area contributed by atoms with Crippen LogP contribution in [0.4, 0.5) is 4.79 Å². The zero-order valence-electron chi connectivity index (χ0n) is 28.9. The highest BCUT2D eigenvalue weighted by molar-refractivity contribution is 6.08. The summed E-state index contributed by atoms with van der Waals surface area (Å²) in [6, 6.07) is 13.0. The predicted octanol–water partition coefficient (Wildman–Crippen LogP) is 6.04. The number of hydrogen-bond donors (Lipinski definition) is 3. The van der Waals surface area contributed by atoms with Crippen molar-refractivity contribution in [1.82, 2.24) is 15.6 Å². The molecule has 1 unspecified atom stereocenters. The number of benzene rings is 2. The SMILES string of the molecule is C=Cc1cc(C(=O)Cc2ccc(C(=N)NC(=O)OCC)cc2)c(-c2ccc(C(=O)NCC3CC3)nc2C(=O)OC(C)OC(=O)C(C)C)cc1C. The van der Waals surface area contributed by atoms with Gasteiger partial charge in [0, 0.05) is 36.6 Å². The third-order valence-electron chi connectivity index (χ3n) is 7.92. The Morgan fingerprint density at radius 1 is 1.00 bits per heavy atom. The average molecular weight is 683 g/mol. The molecular formula is C38H42N4O8. The van der Waals surface area contributed by atoms with Gasteiger partial charge in [-0.1, -0.05) is 56.8 Å². The Kier molecular flexibility index (Phi) is 12.4. The van der Waals surface area contributed by atoms with Gasteiger partial charge in [-0.3, -0.25) is 25.1 Å². The van der Waals surface area contributed by atoms with Gasteiger partial charge in [-0.15, -0.1) is 0 Å². The summed E-state index contributed by atoms with van der Waals surface area (Å²) in [6.07, 6.45) is 1.67. The first-order valence-electron chi connectivity index (χ1n) is 16.4. The number of Topliss-reactive ketones (excluding diaryl/α,β-unsaturated/α-hetero) is 1. The van der Waals surface area contributed by atoms with Crippen LogP contribution in [0.5, 0.6) is 0 Å². The number of esters is 2.